The van der Waals surface area contributed by atoms with Crippen LogP contribution in [0.4, 0.5) is 11.4 Å². The number of aryl methyl sites for hydroxylation is 2. The van der Waals surface area contributed by atoms with Crippen LogP contribution in [0.3, 0.4) is 0 Å². The van der Waals surface area contributed by atoms with Crippen LogP contribution in [0.2, 0.25) is 0 Å². The largest absolute Gasteiger partial charge is 0.484 e. The van der Waals surface area contributed by atoms with Crippen molar-refractivity contribution in [2.24, 2.45) is 5.92 Å². The Morgan fingerprint density at radius 2 is 1.85 bits per heavy atom. The van der Waals surface area contributed by atoms with E-state index in [-0.39, 0.29) is 42.8 Å². The average Bonchev–Trinajstić information content (AvgIpc) is 3.45. The first-order valence-corrected chi connectivity index (χ1v) is 11.7. The monoisotopic (exact) mass is 465 g/mol. The molecule has 8 heteroatoms. The van der Waals surface area contributed by atoms with Crippen molar-refractivity contribution in [2.45, 2.75) is 39.2 Å². The van der Waals surface area contributed by atoms with Crippen molar-refractivity contribution in [3.05, 3.63) is 53.6 Å². The maximum atomic E-state index is 12.5. The molecular weight excluding hydrogens is 434 g/mol. The number of nitrogens with one attached hydrogen (secondary N) is 2. The van der Waals surface area contributed by atoms with E-state index in [4.69, 9.17) is 9.47 Å². The lowest BCUT2D eigenvalue weighted by atomic mass is 10.1. The van der Waals surface area contributed by atoms with E-state index in [1.165, 1.54) is 0 Å². The lowest BCUT2D eigenvalue weighted by Crippen LogP contribution is -2.37. The molecule has 0 spiro atoms. The van der Waals surface area contributed by atoms with Gasteiger partial charge in [-0.1, -0.05) is 6.07 Å². The smallest absolute Gasteiger partial charge is 0.262 e. The van der Waals surface area contributed by atoms with Gasteiger partial charge in [-0.05, 0) is 74.2 Å². The summed E-state index contributed by atoms with van der Waals surface area (Å²) in [5.41, 5.74) is 3.59. The third-order valence-electron chi connectivity index (χ3n) is 6.05. The van der Waals surface area contributed by atoms with Crippen LogP contribution < -0.4 is 20.3 Å². The molecule has 34 heavy (non-hydrogen) atoms. The molecule has 3 amide bonds. The number of hydrogen-bond acceptors (Lipinski definition) is 5. The molecule has 2 aliphatic rings. The van der Waals surface area contributed by atoms with E-state index in [0.717, 1.165) is 36.3 Å². The molecule has 2 atom stereocenters. The Bertz CT molecular complexity index is 1030. The molecule has 2 aromatic rings. The highest BCUT2D eigenvalue weighted by atomic mass is 16.5. The normalized spacial score (nSPS) is 19.8. The van der Waals surface area contributed by atoms with Gasteiger partial charge in [0.15, 0.2) is 6.61 Å². The van der Waals surface area contributed by atoms with E-state index in [9.17, 15) is 14.4 Å². The Hall–Kier alpha value is -3.39. The summed E-state index contributed by atoms with van der Waals surface area (Å²) in [5.74, 6) is -0.295. The molecule has 0 saturated carbocycles. The van der Waals surface area contributed by atoms with Gasteiger partial charge in [0, 0.05) is 37.5 Å². The second-order valence-electron chi connectivity index (χ2n) is 8.99. The summed E-state index contributed by atoms with van der Waals surface area (Å²) in [5, 5.41) is 5.75. The topological polar surface area (TPSA) is 97.0 Å². The summed E-state index contributed by atoms with van der Waals surface area (Å²) in [6, 6.07) is 12.8. The summed E-state index contributed by atoms with van der Waals surface area (Å²) < 4.78 is 11.1. The molecule has 2 heterocycles. The number of amides is 3. The first-order chi connectivity index (χ1) is 16.4. The predicted octanol–water partition coefficient (Wildman–Crippen LogP) is 2.97. The van der Waals surface area contributed by atoms with Crippen molar-refractivity contribution in [3.63, 3.8) is 0 Å². The number of benzene rings is 2. The summed E-state index contributed by atoms with van der Waals surface area (Å²) in [7, 11) is 0. The molecule has 2 fully saturated rings. The van der Waals surface area contributed by atoms with E-state index in [1.54, 1.807) is 29.2 Å². The van der Waals surface area contributed by atoms with Crippen molar-refractivity contribution in [2.75, 3.05) is 36.5 Å². The fourth-order valence-corrected chi connectivity index (χ4v) is 4.41. The molecule has 0 aromatic heterocycles. The molecule has 180 valence electrons. The van der Waals surface area contributed by atoms with Crippen LogP contribution >= 0.6 is 0 Å². The van der Waals surface area contributed by atoms with Gasteiger partial charge >= 0.3 is 0 Å². The van der Waals surface area contributed by atoms with Crippen molar-refractivity contribution in [1.82, 2.24) is 5.32 Å². The van der Waals surface area contributed by atoms with Gasteiger partial charge in [-0.15, -0.1) is 0 Å². The number of carbonyl (C=O) groups excluding carboxylic acids is 3. The third kappa shape index (κ3) is 6.14. The minimum Gasteiger partial charge on any atom is -0.484 e. The highest BCUT2D eigenvalue weighted by Crippen LogP contribution is 2.27. The van der Waals surface area contributed by atoms with Crippen molar-refractivity contribution in [1.29, 1.82) is 0 Å². The molecule has 0 radical (unpaired) electrons. The average molecular weight is 466 g/mol. The van der Waals surface area contributed by atoms with Gasteiger partial charge in [0.05, 0.1) is 12.0 Å². The van der Waals surface area contributed by atoms with Gasteiger partial charge < -0.3 is 25.0 Å². The van der Waals surface area contributed by atoms with Gasteiger partial charge in [0.1, 0.15) is 5.75 Å². The maximum absolute atomic E-state index is 12.5. The van der Waals surface area contributed by atoms with E-state index < -0.39 is 0 Å². The van der Waals surface area contributed by atoms with Crippen LogP contribution in [0.25, 0.3) is 0 Å². The molecular formula is C26H31N3O5. The zero-order valence-corrected chi connectivity index (χ0v) is 19.6. The lowest BCUT2D eigenvalue weighted by molar-refractivity contribution is -0.126. The van der Waals surface area contributed by atoms with Crippen LogP contribution in [0.1, 0.15) is 30.4 Å². The first kappa shape index (κ1) is 23.8. The highest BCUT2D eigenvalue weighted by Gasteiger charge is 2.35. The Morgan fingerprint density at radius 1 is 1.12 bits per heavy atom. The van der Waals surface area contributed by atoms with Crippen LogP contribution in [0, 0.1) is 19.8 Å². The minimum atomic E-state index is -0.376. The number of ether oxygens (including phenoxy) is 2. The van der Waals surface area contributed by atoms with Gasteiger partial charge in [0.2, 0.25) is 11.8 Å². The van der Waals surface area contributed by atoms with Crippen molar-refractivity contribution >= 4 is 29.1 Å². The Labute approximate surface area is 199 Å². The van der Waals surface area contributed by atoms with Crippen molar-refractivity contribution in [3.8, 4) is 5.75 Å². The predicted molar refractivity (Wildman–Crippen MR) is 129 cm³/mol. The molecule has 2 N–H and O–H groups in total. The van der Waals surface area contributed by atoms with Crippen LogP contribution in [-0.4, -0.2) is 50.1 Å². The lowest BCUT2D eigenvalue weighted by Gasteiger charge is -2.18. The van der Waals surface area contributed by atoms with Gasteiger partial charge in [-0.3, -0.25) is 14.4 Å². The fourth-order valence-electron chi connectivity index (χ4n) is 4.41. The number of carbonyl (C=O) groups is 3. The minimum absolute atomic E-state index is 0.0766. The molecule has 4 rings (SSSR count). The van der Waals surface area contributed by atoms with E-state index in [1.807, 2.05) is 32.0 Å². The molecule has 2 aliphatic heterocycles. The van der Waals surface area contributed by atoms with E-state index >= 15 is 0 Å². The summed E-state index contributed by atoms with van der Waals surface area (Å²) >= 11 is 0. The fraction of sp³-hybridized carbons (Fsp3) is 0.423. The molecule has 0 unspecified atom stereocenters. The second-order valence-corrected chi connectivity index (χ2v) is 8.99. The Balaban J connectivity index is 1.26. The van der Waals surface area contributed by atoms with Crippen molar-refractivity contribution < 1.29 is 23.9 Å². The number of rotatable bonds is 8. The number of nitrogens with zero attached hydrogens (tertiary/aromatic N) is 1. The Kier molecular flexibility index (Phi) is 7.47. The van der Waals surface area contributed by atoms with E-state index in [2.05, 4.69) is 10.6 Å². The summed E-state index contributed by atoms with van der Waals surface area (Å²) in [4.78, 5) is 38.8. The van der Waals surface area contributed by atoms with Crippen LogP contribution in [-0.2, 0) is 19.1 Å². The Morgan fingerprint density at radius 3 is 2.53 bits per heavy atom. The third-order valence-corrected chi connectivity index (χ3v) is 6.05. The van der Waals surface area contributed by atoms with Gasteiger partial charge in [0.25, 0.3) is 5.91 Å². The molecule has 2 saturated heterocycles. The van der Waals surface area contributed by atoms with Crippen LogP contribution in [0.5, 0.6) is 5.75 Å². The number of hydrogen-bond donors (Lipinski definition) is 2. The van der Waals surface area contributed by atoms with Crippen LogP contribution in [0.15, 0.2) is 42.5 Å². The zero-order valence-electron chi connectivity index (χ0n) is 19.6. The highest BCUT2D eigenvalue weighted by molar-refractivity contribution is 6.00. The quantitative estimate of drug-likeness (QED) is 0.625. The molecule has 0 aliphatic carbocycles. The van der Waals surface area contributed by atoms with E-state index in [0.29, 0.717) is 24.5 Å². The maximum Gasteiger partial charge on any atom is 0.262 e. The standard InChI is InChI=1S/C26H31N3O5/c1-17-10-18(2)12-20(11-17)28-24(30)16-34-22-7-5-21(6-8-22)29-15-19(13-25(29)31)26(32)27-14-23-4-3-9-33-23/h5-8,10-12,19,23H,3-4,9,13-16H2,1-2H3,(H,27,32)(H,28,30)/t19-,23+/m1/s1. The molecule has 0 bridgehead atoms. The molecule has 2 aromatic carbocycles. The summed E-state index contributed by atoms with van der Waals surface area (Å²) in [6.45, 7) is 5.41. The second kappa shape index (κ2) is 10.7. The number of anilines is 2. The summed E-state index contributed by atoms with van der Waals surface area (Å²) in [6.07, 6.45) is 2.24. The zero-order chi connectivity index (χ0) is 24.1. The first-order valence-electron chi connectivity index (χ1n) is 11.7. The van der Waals surface area contributed by atoms with Gasteiger partial charge in [-0.2, -0.15) is 0 Å². The molecule has 8 nitrogen and oxygen atoms in total. The van der Waals surface area contributed by atoms with Gasteiger partial charge in [-0.25, -0.2) is 0 Å². The SMILES string of the molecule is Cc1cc(C)cc(NC(=O)COc2ccc(N3C[C@H](C(=O)NC[C@@H]4CCCO4)CC3=O)cc2)c1.